The minimum absolute atomic E-state index is 0.000643. The van der Waals surface area contributed by atoms with Gasteiger partial charge < -0.3 is 15.6 Å². The number of aromatic nitrogens is 1. The lowest BCUT2D eigenvalue weighted by molar-refractivity contribution is -0.114. The second kappa shape index (κ2) is 4.63. The average molecular weight is 215 g/mol. The van der Waals surface area contributed by atoms with E-state index in [-0.39, 0.29) is 12.5 Å². The molecule has 0 bridgehead atoms. The van der Waals surface area contributed by atoms with Gasteiger partial charge in [0.25, 0.3) is 0 Å². The van der Waals surface area contributed by atoms with Gasteiger partial charge in [-0.3, -0.25) is 4.79 Å². The topological polar surface area (TPSA) is 60.1 Å². The van der Waals surface area contributed by atoms with Gasteiger partial charge in [0, 0.05) is 23.8 Å². The number of hydrogen-bond acceptors (Lipinski definition) is 2. The summed E-state index contributed by atoms with van der Waals surface area (Å²) in [6.45, 7) is -0.000643. The van der Waals surface area contributed by atoms with E-state index in [1.807, 2.05) is 53.4 Å². The van der Waals surface area contributed by atoms with E-state index in [9.17, 15) is 4.79 Å². The largest absolute Gasteiger partial charge is 0.325 e. The Morgan fingerprint density at radius 1 is 1.19 bits per heavy atom. The van der Waals surface area contributed by atoms with E-state index < -0.39 is 0 Å². The molecule has 16 heavy (non-hydrogen) atoms. The molecule has 0 aliphatic heterocycles. The van der Waals surface area contributed by atoms with Crippen LogP contribution in [0.15, 0.2) is 48.8 Å². The molecule has 4 nitrogen and oxygen atoms in total. The van der Waals surface area contributed by atoms with Crippen LogP contribution in [0.4, 0.5) is 5.69 Å². The lowest BCUT2D eigenvalue weighted by Gasteiger charge is -2.06. The van der Waals surface area contributed by atoms with Crippen molar-refractivity contribution in [1.29, 1.82) is 0 Å². The highest BCUT2D eigenvalue weighted by atomic mass is 16.1. The molecule has 0 radical (unpaired) electrons. The molecule has 0 saturated carbocycles. The van der Waals surface area contributed by atoms with Crippen LogP contribution in [0.25, 0.3) is 5.69 Å². The van der Waals surface area contributed by atoms with E-state index >= 15 is 0 Å². The Labute approximate surface area is 93.7 Å². The van der Waals surface area contributed by atoms with Crippen molar-refractivity contribution in [3.8, 4) is 5.69 Å². The first-order valence-electron chi connectivity index (χ1n) is 5.03. The minimum atomic E-state index is -0.186. The highest BCUT2D eigenvalue weighted by molar-refractivity contribution is 5.92. The predicted octanol–water partition coefficient (Wildman–Crippen LogP) is 1.37. The number of rotatable bonds is 3. The Hall–Kier alpha value is -2.07. The van der Waals surface area contributed by atoms with Crippen LogP contribution in [0.1, 0.15) is 0 Å². The summed E-state index contributed by atoms with van der Waals surface area (Å²) in [6.07, 6.45) is 3.93. The number of carbonyl (C=O) groups excluding carboxylic acids is 1. The number of benzene rings is 1. The normalized spacial score (nSPS) is 10.1. The summed E-state index contributed by atoms with van der Waals surface area (Å²) in [6, 6.07) is 11.5. The monoisotopic (exact) mass is 215 g/mol. The fourth-order valence-corrected chi connectivity index (χ4v) is 1.44. The summed E-state index contributed by atoms with van der Waals surface area (Å²) >= 11 is 0. The van der Waals surface area contributed by atoms with E-state index in [1.54, 1.807) is 0 Å². The molecule has 2 rings (SSSR count). The molecule has 1 aromatic carbocycles. The first kappa shape index (κ1) is 10.4. The van der Waals surface area contributed by atoms with Crippen LogP contribution >= 0.6 is 0 Å². The average Bonchev–Trinajstić information content (AvgIpc) is 2.83. The molecule has 3 N–H and O–H groups in total. The smallest absolute Gasteiger partial charge is 0.238 e. The lowest BCUT2D eigenvalue weighted by atomic mass is 10.2. The molecule has 0 saturated heterocycles. The number of hydrogen-bond donors (Lipinski definition) is 2. The zero-order valence-electron chi connectivity index (χ0n) is 8.76. The number of carbonyl (C=O) groups is 1. The molecule has 82 valence electrons. The van der Waals surface area contributed by atoms with Gasteiger partial charge in [-0.05, 0) is 36.4 Å². The molecule has 0 spiro atoms. The molecule has 1 heterocycles. The van der Waals surface area contributed by atoms with Gasteiger partial charge >= 0.3 is 0 Å². The minimum Gasteiger partial charge on any atom is -0.325 e. The van der Waals surface area contributed by atoms with E-state index in [1.165, 1.54) is 0 Å². The Balaban J connectivity index is 2.14. The van der Waals surface area contributed by atoms with Crippen LogP contribution in [0, 0.1) is 0 Å². The van der Waals surface area contributed by atoms with Gasteiger partial charge in [0.05, 0.1) is 6.54 Å². The number of nitrogens with two attached hydrogens (primary N) is 1. The van der Waals surface area contributed by atoms with Gasteiger partial charge in [0.15, 0.2) is 0 Å². The van der Waals surface area contributed by atoms with Crippen molar-refractivity contribution in [2.45, 2.75) is 0 Å². The van der Waals surface area contributed by atoms with Crippen LogP contribution in [-0.4, -0.2) is 17.0 Å². The van der Waals surface area contributed by atoms with Crippen molar-refractivity contribution in [2.24, 2.45) is 5.73 Å². The Morgan fingerprint density at radius 2 is 1.81 bits per heavy atom. The summed E-state index contributed by atoms with van der Waals surface area (Å²) in [7, 11) is 0. The zero-order valence-corrected chi connectivity index (χ0v) is 8.76. The molecular weight excluding hydrogens is 202 g/mol. The second-order valence-electron chi connectivity index (χ2n) is 3.39. The van der Waals surface area contributed by atoms with E-state index in [0.29, 0.717) is 0 Å². The van der Waals surface area contributed by atoms with Crippen molar-refractivity contribution in [2.75, 3.05) is 11.9 Å². The molecule has 0 fully saturated rings. The Bertz CT molecular complexity index is 460. The van der Waals surface area contributed by atoms with Crippen LogP contribution in [0.5, 0.6) is 0 Å². The summed E-state index contributed by atoms with van der Waals surface area (Å²) in [5, 5.41) is 2.69. The van der Waals surface area contributed by atoms with Crippen LogP contribution < -0.4 is 11.1 Å². The van der Waals surface area contributed by atoms with Crippen molar-refractivity contribution in [1.82, 2.24) is 4.57 Å². The van der Waals surface area contributed by atoms with Crippen molar-refractivity contribution in [3.63, 3.8) is 0 Å². The summed E-state index contributed by atoms with van der Waals surface area (Å²) in [5.41, 5.74) is 7.02. The maximum absolute atomic E-state index is 11.1. The molecule has 0 unspecified atom stereocenters. The highest BCUT2D eigenvalue weighted by Crippen LogP contribution is 2.13. The predicted molar refractivity (Wildman–Crippen MR) is 63.5 cm³/mol. The number of anilines is 1. The van der Waals surface area contributed by atoms with Gasteiger partial charge in [0.2, 0.25) is 5.91 Å². The Kier molecular flexibility index (Phi) is 3.03. The quantitative estimate of drug-likeness (QED) is 0.812. The highest BCUT2D eigenvalue weighted by Gasteiger charge is 1.99. The summed E-state index contributed by atoms with van der Waals surface area (Å²) in [5.74, 6) is -0.186. The van der Waals surface area contributed by atoms with Crippen LogP contribution in [0.2, 0.25) is 0 Å². The third kappa shape index (κ3) is 2.29. The number of amides is 1. The van der Waals surface area contributed by atoms with E-state index in [0.717, 1.165) is 11.4 Å². The summed E-state index contributed by atoms with van der Waals surface area (Å²) < 4.78 is 1.99. The number of nitrogens with one attached hydrogen (secondary N) is 1. The molecule has 1 amide bonds. The van der Waals surface area contributed by atoms with Crippen molar-refractivity contribution in [3.05, 3.63) is 48.8 Å². The standard InChI is InChI=1S/C12H13N3O/c13-9-12(16)14-10-3-5-11(6-4-10)15-7-1-2-8-15/h1-8H,9,13H2,(H,14,16). The van der Waals surface area contributed by atoms with Crippen molar-refractivity contribution >= 4 is 11.6 Å². The second-order valence-corrected chi connectivity index (χ2v) is 3.39. The van der Waals surface area contributed by atoms with E-state index in [2.05, 4.69) is 5.32 Å². The van der Waals surface area contributed by atoms with Gasteiger partial charge in [-0.2, -0.15) is 0 Å². The molecule has 0 atom stereocenters. The van der Waals surface area contributed by atoms with Gasteiger partial charge in [-0.15, -0.1) is 0 Å². The van der Waals surface area contributed by atoms with E-state index in [4.69, 9.17) is 5.73 Å². The SMILES string of the molecule is NCC(=O)Nc1ccc(-n2cccc2)cc1. The molecular formula is C12H13N3O. The first-order chi connectivity index (χ1) is 7.79. The van der Waals surface area contributed by atoms with Gasteiger partial charge in [0.1, 0.15) is 0 Å². The zero-order chi connectivity index (χ0) is 11.4. The molecule has 0 aliphatic rings. The third-order valence-corrected chi connectivity index (χ3v) is 2.24. The summed E-state index contributed by atoms with van der Waals surface area (Å²) in [4.78, 5) is 11.1. The fraction of sp³-hybridized carbons (Fsp3) is 0.0833. The Morgan fingerprint density at radius 3 is 2.38 bits per heavy atom. The third-order valence-electron chi connectivity index (χ3n) is 2.24. The maximum Gasteiger partial charge on any atom is 0.238 e. The molecule has 4 heteroatoms. The molecule has 2 aromatic rings. The van der Waals surface area contributed by atoms with Crippen LogP contribution in [-0.2, 0) is 4.79 Å². The van der Waals surface area contributed by atoms with Crippen LogP contribution in [0.3, 0.4) is 0 Å². The lowest BCUT2D eigenvalue weighted by Crippen LogP contribution is -2.21. The van der Waals surface area contributed by atoms with Gasteiger partial charge in [-0.1, -0.05) is 0 Å². The molecule has 1 aromatic heterocycles. The molecule has 0 aliphatic carbocycles. The number of nitrogens with zero attached hydrogens (tertiary/aromatic N) is 1. The maximum atomic E-state index is 11.1. The fourth-order valence-electron chi connectivity index (χ4n) is 1.44. The first-order valence-corrected chi connectivity index (χ1v) is 5.03. The van der Waals surface area contributed by atoms with Crippen molar-refractivity contribution < 1.29 is 4.79 Å². The van der Waals surface area contributed by atoms with Gasteiger partial charge in [-0.25, -0.2) is 0 Å².